The molecule has 1 amide bonds. The van der Waals surface area contributed by atoms with E-state index in [1.807, 2.05) is 6.92 Å². The monoisotopic (exact) mass is 374 g/mol. The quantitative estimate of drug-likeness (QED) is 0.596. The molecule has 0 saturated carbocycles. The molecular formula is C17H30N2OS3. The third-order valence-corrected chi connectivity index (χ3v) is 6.81. The van der Waals surface area contributed by atoms with Crippen LogP contribution in [-0.4, -0.2) is 19.9 Å². The normalized spacial score (nSPS) is 14.8. The number of nitrogens with zero attached hydrogens (tertiary/aromatic N) is 1. The molecular weight excluding hydrogens is 344 g/mol. The molecule has 0 heterocycles. The number of nitriles is 1. The fourth-order valence-electron chi connectivity index (χ4n) is 1.74. The van der Waals surface area contributed by atoms with E-state index in [9.17, 15) is 10.1 Å². The van der Waals surface area contributed by atoms with Gasteiger partial charge in [-0.25, -0.2) is 0 Å². The second kappa shape index (κ2) is 9.29. The zero-order valence-electron chi connectivity index (χ0n) is 15.2. The van der Waals surface area contributed by atoms with E-state index in [0.717, 1.165) is 15.7 Å². The van der Waals surface area contributed by atoms with Gasteiger partial charge in [0, 0.05) is 12.2 Å². The number of carbonyl (C=O) groups excluding carboxylic acids is 1. The molecule has 23 heavy (non-hydrogen) atoms. The van der Waals surface area contributed by atoms with E-state index in [0.29, 0.717) is 11.8 Å². The molecule has 3 nitrogen and oxygen atoms in total. The van der Waals surface area contributed by atoms with Gasteiger partial charge in [0.2, 0.25) is 5.91 Å². The van der Waals surface area contributed by atoms with Crippen LogP contribution in [0.25, 0.3) is 0 Å². The Balaban J connectivity index is 4.42. The second-order valence-electron chi connectivity index (χ2n) is 8.17. The number of thioether (sulfide) groups is 2. The van der Waals surface area contributed by atoms with Crippen LogP contribution in [0.1, 0.15) is 67.2 Å². The molecule has 0 aromatic carbocycles. The number of rotatable bonds is 8. The van der Waals surface area contributed by atoms with Gasteiger partial charge in [-0.2, -0.15) is 5.26 Å². The highest BCUT2D eigenvalue weighted by Crippen LogP contribution is 2.38. The van der Waals surface area contributed by atoms with E-state index < -0.39 is 4.75 Å². The van der Waals surface area contributed by atoms with Crippen LogP contribution in [0.4, 0.5) is 0 Å². The fourth-order valence-corrected chi connectivity index (χ4v) is 4.71. The molecule has 0 fully saturated rings. The minimum absolute atomic E-state index is 0.207. The van der Waals surface area contributed by atoms with E-state index in [-0.39, 0.29) is 17.7 Å². The summed E-state index contributed by atoms with van der Waals surface area (Å²) in [6.07, 6.45) is 2.96. The SMILES string of the molecule is CC(C)(C)CCC(C)(C)CSC(=S)SC(C)(C#N)CCC(N)=O. The van der Waals surface area contributed by atoms with Crippen molar-refractivity contribution in [3.63, 3.8) is 0 Å². The lowest BCUT2D eigenvalue weighted by molar-refractivity contribution is -0.118. The van der Waals surface area contributed by atoms with Crippen molar-refractivity contribution < 1.29 is 4.79 Å². The molecule has 1 atom stereocenters. The highest BCUT2D eigenvalue weighted by Gasteiger charge is 2.29. The summed E-state index contributed by atoms with van der Waals surface area (Å²) < 4.78 is 0.0802. The molecule has 0 aromatic rings. The first kappa shape index (κ1) is 22.8. The Morgan fingerprint density at radius 2 is 1.70 bits per heavy atom. The Morgan fingerprint density at radius 1 is 1.13 bits per heavy atom. The average Bonchev–Trinajstić information content (AvgIpc) is 2.41. The molecule has 0 radical (unpaired) electrons. The molecule has 0 bridgehead atoms. The number of thiocarbonyl (C=S) groups is 1. The predicted octanol–water partition coefficient (Wildman–Crippen LogP) is 5.14. The lowest BCUT2D eigenvalue weighted by Crippen LogP contribution is -2.23. The maximum absolute atomic E-state index is 10.9. The van der Waals surface area contributed by atoms with Crippen molar-refractivity contribution in [1.82, 2.24) is 0 Å². The van der Waals surface area contributed by atoms with Gasteiger partial charge in [-0.1, -0.05) is 58.6 Å². The van der Waals surface area contributed by atoms with Crippen molar-refractivity contribution in [1.29, 1.82) is 5.26 Å². The number of hydrogen-bond donors (Lipinski definition) is 1. The third kappa shape index (κ3) is 11.9. The first-order valence-electron chi connectivity index (χ1n) is 7.84. The summed E-state index contributed by atoms with van der Waals surface area (Å²) in [6.45, 7) is 13.1. The summed E-state index contributed by atoms with van der Waals surface area (Å²) in [5, 5.41) is 9.36. The van der Waals surface area contributed by atoms with E-state index in [2.05, 4.69) is 40.7 Å². The molecule has 0 saturated heterocycles. The second-order valence-corrected chi connectivity index (χ2v) is 11.9. The number of carbonyl (C=O) groups is 1. The highest BCUT2D eigenvalue weighted by atomic mass is 32.2. The zero-order chi connectivity index (χ0) is 18.3. The van der Waals surface area contributed by atoms with Gasteiger partial charge in [-0.15, -0.1) is 11.8 Å². The first-order chi connectivity index (χ1) is 10.3. The van der Waals surface area contributed by atoms with Crippen LogP contribution in [0.3, 0.4) is 0 Å². The molecule has 0 aliphatic heterocycles. The lowest BCUT2D eigenvalue weighted by atomic mass is 9.81. The van der Waals surface area contributed by atoms with Crippen molar-refractivity contribution in [2.45, 2.75) is 72.0 Å². The maximum atomic E-state index is 10.9. The number of primary amides is 1. The lowest BCUT2D eigenvalue weighted by Gasteiger charge is -2.29. The predicted molar refractivity (Wildman–Crippen MR) is 108 cm³/mol. The van der Waals surface area contributed by atoms with Gasteiger partial charge in [0.15, 0.2) is 0 Å². The Labute approximate surface area is 155 Å². The number of nitrogens with two attached hydrogens (primary N) is 1. The third-order valence-electron chi connectivity index (χ3n) is 3.53. The van der Waals surface area contributed by atoms with Crippen LogP contribution in [0.5, 0.6) is 0 Å². The van der Waals surface area contributed by atoms with Gasteiger partial charge in [-0.3, -0.25) is 4.79 Å². The molecule has 2 N–H and O–H groups in total. The summed E-state index contributed by atoms with van der Waals surface area (Å²) >= 11 is 8.45. The fraction of sp³-hybridized carbons (Fsp3) is 0.824. The zero-order valence-corrected chi connectivity index (χ0v) is 17.6. The van der Waals surface area contributed by atoms with Crippen molar-refractivity contribution in [3.8, 4) is 6.07 Å². The van der Waals surface area contributed by atoms with Crippen LogP contribution in [-0.2, 0) is 4.79 Å². The average molecular weight is 375 g/mol. The molecule has 0 aliphatic rings. The van der Waals surface area contributed by atoms with E-state index in [4.69, 9.17) is 18.0 Å². The summed E-state index contributed by atoms with van der Waals surface area (Å²) in [6, 6.07) is 2.26. The van der Waals surface area contributed by atoms with Crippen LogP contribution < -0.4 is 5.73 Å². The Bertz CT molecular complexity index is 463. The molecule has 1 unspecified atom stereocenters. The van der Waals surface area contributed by atoms with Crippen molar-refractivity contribution in [3.05, 3.63) is 0 Å². The van der Waals surface area contributed by atoms with Crippen molar-refractivity contribution in [2.75, 3.05) is 5.75 Å². The Hall–Kier alpha value is -0.250. The molecule has 0 spiro atoms. The maximum Gasteiger partial charge on any atom is 0.217 e. The largest absolute Gasteiger partial charge is 0.370 e. The molecule has 6 heteroatoms. The van der Waals surface area contributed by atoms with Gasteiger partial charge in [0.1, 0.15) is 8.28 Å². The summed E-state index contributed by atoms with van der Waals surface area (Å²) in [5.74, 6) is 0.556. The number of hydrogen-bond acceptors (Lipinski definition) is 5. The summed E-state index contributed by atoms with van der Waals surface area (Å²) in [7, 11) is 0. The minimum atomic E-state index is -0.686. The van der Waals surface area contributed by atoms with Crippen LogP contribution >= 0.6 is 35.7 Å². The van der Waals surface area contributed by atoms with Crippen LogP contribution in [0.15, 0.2) is 0 Å². The van der Waals surface area contributed by atoms with Crippen LogP contribution in [0, 0.1) is 22.2 Å². The molecule has 0 aliphatic carbocycles. The highest BCUT2D eigenvalue weighted by molar-refractivity contribution is 8.47. The molecule has 0 aromatic heterocycles. The van der Waals surface area contributed by atoms with Gasteiger partial charge in [0.25, 0.3) is 0 Å². The minimum Gasteiger partial charge on any atom is -0.370 e. The van der Waals surface area contributed by atoms with E-state index in [1.54, 1.807) is 11.8 Å². The van der Waals surface area contributed by atoms with Gasteiger partial charge < -0.3 is 5.73 Å². The van der Waals surface area contributed by atoms with Crippen molar-refractivity contribution >= 4 is 45.2 Å². The van der Waals surface area contributed by atoms with Gasteiger partial charge in [0.05, 0.1) is 6.07 Å². The smallest absolute Gasteiger partial charge is 0.217 e. The summed E-state index contributed by atoms with van der Waals surface area (Å²) in [4.78, 5) is 10.9. The van der Waals surface area contributed by atoms with E-state index >= 15 is 0 Å². The molecule has 132 valence electrons. The van der Waals surface area contributed by atoms with E-state index in [1.165, 1.54) is 18.2 Å². The molecule has 0 rings (SSSR count). The van der Waals surface area contributed by atoms with Crippen LogP contribution in [0.2, 0.25) is 0 Å². The van der Waals surface area contributed by atoms with Gasteiger partial charge in [-0.05, 0) is 37.0 Å². The topological polar surface area (TPSA) is 66.9 Å². The standard InChI is InChI=1S/C17H30N2OS3/c1-15(2,3)9-10-16(4,5)12-22-14(21)23-17(6,11-18)8-7-13(19)20/h7-10,12H2,1-6H3,(H2,19,20). The number of amides is 1. The Morgan fingerprint density at radius 3 is 2.13 bits per heavy atom. The van der Waals surface area contributed by atoms with Gasteiger partial charge >= 0.3 is 0 Å². The Kier molecular flexibility index (Phi) is 9.19. The van der Waals surface area contributed by atoms with Crippen molar-refractivity contribution in [2.24, 2.45) is 16.6 Å². The first-order valence-corrected chi connectivity index (χ1v) is 10.0. The summed E-state index contributed by atoms with van der Waals surface area (Å²) in [5.41, 5.74) is 5.72.